The van der Waals surface area contributed by atoms with E-state index in [1.807, 2.05) is 0 Å². The molecule has 0 aromatic rings. The number of rotatable bonds is 4. The van der Waals surface area contributed by atoms with Gasteiger partial charge in [-0.1, -0.05) is 19.8 Å². The third-order valence-corrected chi connectivity index (χ3v) is 2.27. The molecule has 1 aliphatic carbocycles. The summed E-state index contributed by atoms with van der Waals surface area (Å²) >= 11 is 0. The molecular weight excluding hydrogens is 120 g/mol. The largest absolute Gasteiger partial charge is 0.120 e. The van der Waals surface area contributed by atoms with E-state index < -0.39 is 0 Å². The summed E-state index contributed by atoms with van der Waals surface area (Å²) in [5, 5.41) is 0. The van der Waals surface area contributed by atoms with Gasteiger partial charge >= 0.3 is 0 Å². The smallest absolute Gasteiger partial charge is 0.0228 e. The molecule has 0 amide bonds. The standard InChI is InChI=1S/C10H16/c1-3-5-6-9(4-2)10-7-8-10/h2,9-10H,3,5-8H2,1H3. The third-order valence-electron chi connectivity index (χ3n) is 2.27. The first kappa shape index (κ1) is 7.66. The van der Waals surface area contributed by atoms with Gasteiger partial charge in [-0.05, 0) is 25.2 Å². The van der Waals surface area contributed by atoms with Crippen LogP contribution in [0.2, 0.25) is 0 Å². The molecular formula is C10H16. The summed E-state index contributed by atoms with van der Waals surface area (Å²) in [4.78, 5) is 0. The molecule has 1 fully saturated rings. The van der Waals surface area contributed by atoms with E-state index in [0.717, 1.165) is 5.92 Å². The lowest BCUT2D eigenvalue weighted by atomic mass is 9.98. The predicted molar refractivity (Wildman–Crippen MR) is 44.6 cm³/mol. The fourth-order valence-corrected chi connectivity index (χ4v) is 1.38. The van der Waals surface area contributed by atoms with Crippen molar-refractivity contribution < 1.29 is 0 Å². The van der Waals surface area contributed by atoms with Gasteiger partial charge in [-0.2, -0.15) is 0 Å². The highest BCUT2D eigenvalue weighted by molar-refractivity contribution is 5.00. The molecule has 1 atom stereocenters. The Morgan fingerprint density at radius 2 is 2.30 bits per heavy atom. The van der Waals surface area contributed by atoms with Crippen molar-refractivity contribution in [3.05, 3.63) is 0 Å². The monoisotopic (exact) mass is 136 g/mol. The molecule has 0 heteroatoms. The van der Waals surface area contributed by atoms with Crippen molar-refractivity contribution in [3.63, 3.8) is 0 Å². The summed E-state index contributed by atoms with van der Waals surface area (Å²) in [6.07, 6.45) is 12.0. The number of terminal acetylenes is 1. The second kappa shape index (κ2) is 3.66. The Hall–Kier alpha value is -0.440. The lowest BCUT2D eigenvalue weighted by Crippen LogP contribution is -1.98. The summed E-state index contributed by atoms with van der Waals surface area (Å²) in [5.41, 5.74) is 0. The Kier molecular flexibility index (Phi) is 2.81. The highest BCUT2D eigenvalue weighted by atomic mass is 14.3. The fraction of sp³-hybridized carbons (Fsp3) is 0.800. The molecule has 0 bridgehead atoms. The van der Waals surface area contributed by atoms with E-state index in [4.69, 9.17) is 6.42 Å². The van der Waals surface area contributed by atoms with Crippen LogP contribution >= 0.6 is 0 Å². The summed E-state index contributed by atoms with van der Waals surface area (Å²) in [7, 11) is 0. The highest BCUT2D eigenvalue weighted by Crippen LogP contribution is 2.38. The van der Waals surface area contributed by atoms with E-state index in [1.165, 1.54) is 32.1 Å². The van der Waals surface area contributed by atoms with Crippen molar-refractivity contribution in [3.8, 4) is 12.3 Å². The minimum absolute atomic E-state index is 0.611. The normalized spacial score (nSPS) is 20.0. The minimum atomic E-state index is 0.611. The van der Waals surface area contributed by atoms with Crippen LogP contribution < -0.4 is 0 Å². The zero-order valence-electron chi connectivity index (χ0n) is 6.77. The maximum absolute atomic E-state index is 5.40. The van der Waals surface area contributed by atoms with Gasteiger partial charge < -0.3 is 0 Å². The summed E-state index contributed by atoms with van der Waals surface area (Å²) in [5.74, 6) is 4.41. The van der Waals surface area contributed by atoms with Crippen molar-refractivity contribution in [2.75, 3.05) is 0 Å². The molecule has 56 valence electrons. The molecule has 0 radical (unpaired) electrons. The summed E-state index contributed by atoms with van der Waals surface area (Å²) in [6.45, 7) is 2.22. The molecule has 1 aliphatic rings. The quantitative estimate of drug-likeness (QED) is 0.521. The SMILES string of the molecule is C#CC(CCCC)C1CC1. The van der Waals surface area contributed by atoms with Gasteiger partial charge in [0.2, 0.25) is 0 Å². The lowest BCUT2D eigenvalue weighted by Gasteiger charge is -2.06. The van der Waals surface area contributed by atoms with Gasteiger partial charge in [0.25, 0.3) is 0 Å². The molecule has 1 unspecified atom stereocenters. The molecule has 1 saturated carbocycles. The van der Waals surface area contributed by atoms with Crippen molar-refractivity contribution in [2.24, 2.45) is 11.8 Å². The molecule has 0 aromatic carbocycles. The van der Waals surface area contributed by atoms with Crippen LogP contribution in [0, 0.1) is 24.2 Å². The van der Waals surface area contributed by atoms with Crippen LogP contribution in [0.5, 0.6) is 0 Å². The Morgan fingerprint density at radius 1 is 1.60 bits per heavy atom. The zero-order chi connectivity index (χ0) is 7.40. The van der Waals surface area contributed by atoms with Crippen LogP contribution in [-0.2, 0) is 0 Å². The van der Waals surface area contributed by atoms with E-state index in [9.17, 15) is 0 Å². The maximum Gasteiger partial charge on any atom is 0.0228 e. The van der Waals surface area contributed by atoms with Gasteiger partial charge in [0, 0.05) is 5.92 Å². The van der Waals surface area contributed by atoms with Gasteiger partial charge in [-0.3, -0.25) is 0 Å². The average molecular weight is 136 g/mol. The van der Waals surface area contributed by atoms with E-state index in [2.05, 4.69) is 12.8 Å². The molecule has 1 rings (SSSR count). The van der Waals surface area contributed by atoms with Crippen molar-refractivity contribution in [1.29, 1.82) is 0 Å². The Bertz CT molecular complexity index is 125. The van der Waals surface area contributed by atoms with Crippen LogP contribution in [0.3, 0.4) is 0 Å². The van der Waals surface area contributed by atoms with Gasteiger partial charge in [-0.15, -0.1) is 12.3 Å². The first-order valence-electron chi connectivity index (χ1n) is 4.34. The van der Waals surface area contributed by atoms with Crippen LogP contribution in [0.4, 0.5) is 0 Å². The van der Waals surface area contributed by atoms with Gasteiger partial charge in [0.1, 0.15) is 0 Å². The third kappa shape index (κ3) is 2.06. The maximum atomic E-state index is 5.40. The molecule has 0 N–H and O–H groups in total. The fourth-order valence-electron chi connectivity index (χ4n) is 1.38. The molecule has 0 spiro atoms. The highest BCUT2D eigenvalue weighted by Gasteiger charge is 2.28. The molecule has 0 heterocycles. The predicted octanol–water partition coefficient (Wildman–Crippen LogP) is 2.84. The van der Waals surface area contributed by atoms with Gasteiger partial charge in [-0.25, -0.2) is 0 Å². The van der Waals surface area contributed by atoms with Gasteiger partial charge in [0.05, 0.1) is 0 Å². The van der Waals surface area contributed by atoms with Crippen LogP contribution in [-0.4, -0.2) is 0 Å². The Labute approximate surface area is 64.0 Å². The van der Waals surface area contributed by atoms with Gasteiger partial charge in [0.15, 0.2) is 0 Å². The van der Waals surface area contributed by atoms with E-state index in [0.29, 0.717) is 5.92 Å². The second-order valence-corrected chi connectivity index (χ2v) is 3.25. The van der Waals surface area contributed by atoms with E-state index in [-0.39, 0.29) is 0 Å². The molecule has 0 nitrogen and oxygen atoms in total. The minimum Gasteiger partial charge on any atom is -0.120 e. The topological polar surface area (TPSA) is 0 Å². The van der Waals surface area contributed by atoms with Crippen LogP contribution in [0.15, 0.2) is 0 Å². The first-order chi connectivity index (χ1) is 4.88. The van der Waals surface area contributed by atoms with Crippen molar-refractivity contribution >= 4 is 0 Å². The number of hydrogen-bond donors (Lipinski definition) is 0. The Balaban J connectivity index is 2.15. The molecule has 0 aromatic heterocycles. The lowest BCUT2D eigenvalue weighted by molar-refractivity contribution is 0.515. The molecule has 10 heavy (non-hydrogen) atoms. The second-order valence-electron chi connectivity index (χ2n) is 3.25. The molecule has 0 aliphatic heterocycles. The number of hydrogen-bond acceptors (Lipinski definition) is 0. The molecule has 0 saturated heterocycles. The van der Waals surface area contributed by atoms with E-state index in [1.54, 1.807) is 0 Å². The first-order valence-corrected chi connectivity index (χ1v) is 4.34. The van der Waals surface area contributed by atoms with E-state index >= 15 is 0 Å². The van der Waals surface area contributed by atoms with Crippen molar-refractivity contribution in [2.45, 2.75) is 39.0 Å². The average Bonchev–Trinajstić information content (AvgIpc) is 2.73. The summed E-state index contributed by atoms with van der Waals surface area (Å²) < 4.78 is 0. The van der Waals surface area contributed by atoms with Crippen molar-refractivity contribution in [1.82, 2.24) is 0 Å². The summed E-state index contributed by atoms with van der Waals surface area (Å²) in [6, 6.07) is 0. The zero-order valence-corrected chi connectivity index (χ0v) is 6.77. The number of unbranched alkanes of at least 4 members (excludes halogenated alkanes) is 1. The Morgan fingerprint density at radius 3 is 2.70 bits per heavy atom. The van der Waals surface area contributed by atoms with Crippen LogP contribution in [0.1, 0.15) is 39.0 Å². The van der Waals surface area contributed by atoms with Crippen LogP contribution in [0.25, 0.3) is 0 Å².